The second kappa shape index (κ2) is 5.64. The van der Waals surface area contributed by atoms with E-state index in [0.29, 0.717) is 16.3 Å². The van der Waals surface area contributed by atoms with Gasteiger partial charge in [0.15, 0.2) is 0 Å². The molecule has 0 saturated carbocycles. The first-order chi connectivity index (χ1) is 9.51. The van der Waals surface area contributed by atoms with Crippen LogP contribution < -0.4 is 5.32 Å². The number of anilines is 2. The second-order valence-corrected chi connectivity index (χ2v) is 4.70. The van der Waals surface area contributed by atoms with Crippen LogP contribution in [0.2, 0.25) is 5.02 Å². The Bertz CT molecular complexity index is 720. The number of hydrogen-bond donors (Lipinski definition) is 2. The maximum Gasteiger partial charge on any atom is 0.335 e. The van der Waals surface area contributed by atoms with Crippen molar-refractivity contribution in [2.45, 2.75) is 6.92 Å². The molecule has 0 spiro atoms. The number of aromatic carboxylic acids is 1. The van der Waals surface area contributed by atoms with Gasteiger partial charge in [-0.2, -0.15) is 5.26 Å². The average Bonchev–Trinajstić information content (AvgIpc) is 2.41. The highest BCUT2D eigenvalue weighted by atomic mass is 35.5. The van der Waals surface area contributed by atoms with Gasteiger partial charge in [-0.3, -0.25) is 0 Å². The van der Waals surface area contributed by atoms with E-state index in [1.54, 1.807) is 37.3 Å². The average molecular weight is 287 g/mol. The van der Waals surface area contributed by atoms with E-state index < -0.39 is 5.97 Å². The molecule has 20 heavy (non-hydrogen) atoms. The molecule has 2 rings (SSSR count). The zero-order valence-electron chi connectivity index (χ0n) is 10.6. The number of carboxylic acids is 1. The summed E-state index contributed by atoms with van der Waals surface area (Å²) in [5.74, 6) is -0.972. The number of hydrogen-bond acceptors (Lipinski definition) is 3. The van der Waals surface area contributed by atoms with Crippen LogP contribution in [-0.2, 0) is 0 Å². The van der Waals surface area contributed by atoms with E-state index in [0.717, 1.165) is 11.3 Å². The first kappa shape index (κ1) is 13.9. The Hall–Kier alpha value is -2.51. The molecule has 2 aromatic rings. The van der Waals surface area contributed by atoms with Crippen LogP contribution in [0.1, 0.15) is 21.5 Å². The molecule has 0 aliphatic heterocycles. The van der Waals surface area contributed by atoms with Crippen molar-refractivity contribution in [1.29, 1.82) is 5.26 Å². The number of carbonyl (C=O) groups is 1. The highest BCUT2D eigenvalue weighted by molar-refractivity contribution is 6.30. The molecule has 0 fully saturated rings. The van der Waals surface area contributed by atoms with E-state index in [1.807, 2.05) is 0 Å². The van der Waals surface area contributed by atoms with Crippen molar-refractivity contribution < 1.29 is 9.90 Å². The number of nitriles is 1. The van der Waals surface area contributed by atoms with Crippen LogP contribution in [0.25, 0.3) is 0 Å². The molecular weight excluding hydrogens is 276 g/mol. The monoisotopic (exact) mass is 286 g/mol. The third-order valence-corrected chi connectivity index (χ3v) is 3.08. The van der Waals surface area contributed by atoms with Crippen LogP contribution in [0, 0.1) is 18.3 Å². The quantitative estimate of drug-likeness (QED) is 0.895. The SMILES string of the molecule is Cc1cc(C(=O)O)ccc1Nc1cc(Cl)ccc1C#N. The molecule has 0 aromatic heterocycles. The molecule has 0 unspecified atom stereocenters. The lowest BCUT2D eigenvalue weighted by molar-refractivity contribution is 0.0697. The van der Waals surface area contributed by atoms with Crippen LogP contribution >= 0.6 is 11.6 Å². The lowest BCUT2D eigenvalue weighted by Crippen LogP contribution is -2.00. The van der Waals surface area contributed by atoms with Crippen LogP contribution in [0.4, 0.5) is 11.4 Å². The molecule has 2 N–H and O–H groups in total. The molecule has 0 aliphatic rings. The molecular formula is C15H11ClN2O2. The van der Waals surface area contributed by atoms with Gasteiger partial charge in [0.1, 0.15) is 6.07 Å². The maximum atomic E-state index is 10.9. The third kappa shape index (κ3) is 2.90. The van der Waals surface area contributed by atoms with Gasteiger partial charge in [0, 0.05) is 10.7 Å². The molecule has 0 bridgehead atoms. The van der Waals surface area contributed by atoms with Crippen molar-refractivity contribution >= 4 is 28.9 Å². The summed E-state index contributed by atoms with van der Waals surface area (Å²) < 4.78 is 0. The Kier molecular flexibility index (Phi) is 3.92. The number of benzene rings is 2. The van der Waals surface area contributed by atoms with Crippen molar-refractivity contribution in [2.75, 3.05) is 5.32 Å². The third-order valence-electron chi connectivity index (χ3n) is 2.84. The van der Waals surface area contributed by atoms with Crippen molar-refractivity contribution in [3.63, 3.8) is 0 Å². The molecule has 4 nitrogen and oxygen atoms in total. The molecule has 0 aliphatic carbocycles. The van der Waals surface area contributed by atoms with Gasteiger partial charge in [-0.25, -0.2) is 4.79 Å². The van der Waals surface area contributed by atoms with Gasteiger partial charge in [-0.1, -0.05) is 11.6 Å². The van der Waals surface area contributed by atoms with E-state index in [1.165, 1.54) is 6.07 Å². The van der Waals surface area contributed by atoms with Crippen molar-refractivity contribution in [1.82, 2.24) is 0 Å². The van der Waals surface area contributed by atoms with Crippen LogP contribution in [0.5, 0.6) is 0 Å². The fourth-order valence-corrected chi connectivity index (χ4v) is 1.97. The first-order valence-corrected chi connectivity index (χ1v) is 6.19. The predicted octanol–water partition coefficient (Wildman–Crippen LogP) is 3.96. The molecule has 100 valence electrons. The van der Waals surface area contributed by atoms with Gasteiger partial charge in [0.25, 0.3) is 0 Å². The predicted molar refractivity (Wildman–Crippen MR) is 77.6 cm³/mol. The van der Waals surface area contributed by atoms with E-state index in [4.69, 9.17) is 22.0 Å². The minimum Gasteiger partial charge on any atom is -0.478 e. The highest BCUT2D eigenvalue weighted by Crippen LogP contribution is 2.26. The molecule has 0 amide bonds. The number of carboxylic acid groups (broad SMARTS) is 1. The smallest absolute Gasteiger partial charge is 0.335 e. The summed E-state index contributed by atoms with van der Waals surface area (Å²) >= 11 is 5.92. The summed E-state index contributed by atoms with van der Waals surface area (Å²) in [5, 5.41) is 21.6. The number of rotatable bonds is 3. The van der Waals surface area contributed by atoms with Gasteiger partial charge >= 0.3 is 5.97 Å². The zero-order chi connectivity index (χ0) is 14.7. The normalized spacial score (nSPS) is 9.85. The fraction of sp³-hybridized carbons (Fsp3) is 0.0667. The Labute approximate surface area is 121 Å². The van der Waals surface area contributed by atoms with Crippen LogP contribution in [-0.4, -0.2) is 11.1 Å². The van der Waals surface area contributed by atoms with Crippen molar-refractivity contribution in [3.8, 4) is 6.07 Å². The Morgan fingerprint density at radius 2 is 2.00 bits per heavy atom. The summed E-state index contributed by atoms with van der Waals surface area (Å²) in [5.41, 5.74) is 2.78. The van der Waals surface area contributed by atoms with E-state index >= 15 is 0 Å². The van der Waals surface area contributed by atoms with Crippen molar-refractivity contribution in [2.24, 2.45) is 0 Å². The van der Waals surface area contributed by atoms with Gasteiger partial charge in [-0.15, -0.1) is 0 Å². The topological polar surface area (TPSA) is 73.1 Å². The Morgan fingerprint density at radius 3 is 2.60 bits per heavy atom. The lowest BCUT2D eigenvalue weighted by atomic mass is 10.1. The number of halogens is 1. The molecule has 0 heterocycles. The number of aryl methyl sites for hydroxylation is 1. The summed E-state index contributed by atoms with van der Waals surface area (Å²) in [6, 6.07) is 11.8. The van der Waals surface area contributed by atoms with Crippen LogP contribution in [0.3, 0.4) is 0 Å². The van der Waals surface area contributed by atoms with Crippen LogP contribution in [0.15, 0.2) is 36.4 Å². The maximum absolute atomic E-state index is 10.9. The van der Waals surface area contributed by atoms with Gasteiger partial charge in [-0.05, 0) is 48.9 Å². The summed E-state index contributed by atoms with van der Waals surface area (Å²) in [6.07, 6.45) is 0. The Morgan fingerprint density at radius 1 is 1.25 bits per heavy atom. The number of nitrogens with zero attached hydrogens (tertiary/aromatic N) is 1. The second-order valence-electron chi connectivity index (χ2n) is 4.26. The van der Waals surface area contributed by atoms with Gasteiger partial charge < -0.3 is 10.4 Å². The number of nitrogens with one attached hydrogen (secondary N) is 1. The zero-order valence-corrected chi connectivity index (χ0v) is 11.4. The minimum absolute atomic E-state index is 0.222. The molecule has 0 atom stereocenters. The molecule has 2 aromatic carbocycles. The summed E-state index contributed by atoms with van der Waals surface area (Å²) in [4.78, 5) is 10.9. The van der Waals surface area contributed by atoms with E-state index in [9.17, 15) is 4.79 Å². The highest BCUT2D eigenvalue weighted by Gasteiger charge is 2.08. The van der Waals surface area contributed by atoms with Crippen molar-refractivity contribution in [3.05, 3.63) is 58.1 Å². The fourth-order valence-electron chi connectivity index (χ4n) is 1.80. The molecule has 0 radical (unpaired) electrons. The van der Waals surface area contributed by atoms with E-state index in [2.05, 4.69) is 11.4 Å². The summed E-state index contributed by atoms with van der Waals surface area (Å²) in [7, 11) is 0. The standard InChI is InChI=1S/C15H11ClN2O2/c1-9-6-10(15(19)20)3-5-13(9)18-14-7-12(16)4-2-11(14)8-17/h2-7,18H,1H3,(H,19,20). The van der Waals surface area contributed by atoms with E-state index in [-0.39, 0.29) is 5.56 Å². The summed E-state index contributed by atoms with van der Waals surface area (Å²) in [6.45, 7) is 1.80. The lowest BCUT2D eigenvalue weighted by Gasteiger charge is -2.12. The van der Waals surface area contributed by atoms with Gasteiger partial charge in [0.2, 0.25) is 0 Å². The van der Waals surface area contributed by atoms with Gasteiger partial charge in [0.05, 0.1) is 16.8 Å². The minimum atomic E-state index is -0.972. The largest absolute Gasteiger partial charge is 0.478 e. The Balaban J connectivity index is 2.38. The molecule has 5 heteroatoms. The first-order valence-electron chi connectivity index (χ1n) is 5.82. The molecule has 0 saturated heterocycles.